The lowest BCUT2D eigenvalue weighted by molar-refractivity contribution is -0.144. The summed E-state index contributed by atoms with van der Waals surface area (Å²) < 4.78 is 0. The molecule has 52 heavy (non-hydrogen) atoms. The van der Waals surface area contributed by atoms with E-state index in [-0.39, 0.29) is 12.8 Å². The number of nitrogens with one attached hydrogen (secondary N) is 6. The number of aliphatic carboxylic acids is 1. The summed E-state index contributed by atoms with van der Waals surface area (Å²) in [6.45, 7) is 7.33. The Balaban J connectivity index is 5.90. The summed E-state index contributed by atoms with van der Waals surface area (Å²) in [5, 5.41) is 53.0. The van der Waals surface area contributed by atoms with Gasteiger partial charge in [-0.3, -0.25) is 38.4 Å². The Labute approximate surface area is 299 Å². The van der Waals surface area contributed by atoms with Gasteiger partial charge in [0.2, 0.25) is 47.3 Å². The van der Waals surface area contributed by atoms with Crippen LogP contribution < -0.4 is 49.1 Å². The smallest absolute Gasteiger partial charge is 0.326 e. The van der Waals surface area contributed by atoms with Crippen LogP contribution >= 0.6 is 0 Å². The lowest BCUT2D eigenvalue weighted by Crippen LogP contribution is -2.64. The van der Waals surface area contributed by atoms with Crippen molar-refractivity contribution in [2.24, 2.45) is 29.0 Å². The molecule has 22 nitrogen and oxygen atoms in total. The molecule has 8 amide bonds. The standard InChI is InChI=1S/C30H53N9O13/c1-11(2)20(26(47)35-17(10-40)25(46)34-16(30(51)52)9-19(33)44)37-28(49)22(13(5)41)39-29(50)23(14(6)42)38-27(48)21(12(3)4)36-24(45)15(31)7-8-18(32)43/h11-17,20-23,40-42H,7-10,31H2,1-6H3,(H2,32,43)(H2,33,44)(H,34,46)(H,35,47)(H,36,45)(H,37,49)(H,38,48)(H,39,50)(H,51,52)/t13-,14-,15+,16+,17+,20+,21+,22+,23+/m1/s1. The Kier molecular flexibility index (Phi) is 20.0. The zero-order chi connectivity index (χ0) is 40.6. The number of carbonyl (C=O) groups excluding carboxylic acids is 8. The molecule has 0 saturated carbocycles. The number of carboxylic acids is 1. The molecule has 0 aliphatic heterocycles. The minimum absolute atomic E-state index is 0.0998. The van der Waals surface area contributed by atoms with E-state index >= 15 is 0 Å². The van der Waals surface area contributed by atoms with Crippen LogP contribution in [0.2, 0.25) is 0 Å². The van der Waals surface area contributed by atoms with Crippen molar-refractivity contribution in [2.75, 3.05) is 6.61 Å². The average Bonchev–Trinajstić information content (AvgIpc) is 3.02. The highest BCUT2D eigenvalue weighted by molar-refractivity contribution is 5.97. The van der Waals surface area contributed by atoms with Gasteiger partial charge in [0.1, 0.15) is 36.3 Å². The largest absolute Gasteiger partial charge is 0.480 e. The molecule has 9 atom stereocenters. The monoisotopic (exact) mass is 747 g/mol. The molecule has 0 heterocycles. The van der Waals surface area contributed by atoms with Crippen molar-refractivity contribution >= 4 is 53.2 Å². The highest BCUT2D eigenvalue weighted by atomic mass is 16.4. The van der Waals surface area contributed by atoms with Crippen LogP contribution in [0.25, 0.3) is 0 Å². The summed E-state index contributed by atoms with van der Waals surface area (Å²) >= 11 is 0. The van der Waals surface area contributed by atoms with Crippen LogP contribution in [-0.2, 0) is 43.2 Å². The summed E-state index contributed by atoms with van der Waals surface area (Å²) in [7, 11) is 0. The SMILES string of the molecule is CC(C)[C@H](NC(=O)[C@@H](NC(=O)[C@@H](NC(=O)[C@@H](NC(=O)[C@@H](N)CCC(N)=O)C(C)C)[C@@H](C)O)[C@@H](C)O)C(=O)N[C@@H](CO)C(=O)N[C@@H](CC(N)=O)C(=O)O. The van der Waals surface area contributed by atoms with Crippen LogP contribution in [0.4, 0.5) is 0 Å². The molecular weight excluding hydrogens is 694 g/mol. The van der Waals surface area contributed by atoms with E-state index < -0.39 is 133 Å². The van der Waals surface area contributed by atoms with E-state index in [2.05, 4.69) is 26.6 Å². The number of hydrogen-bond donors (Lipinski definition) is 13. The van der Waals surface area contributed by atoms with E-state index in [0.29, 0.717) is 0 Å². The van der Waals surface area contributed by atoms with E-state index in [0.717, 1.165) is 13.8 Å². The minimum atomic E-state index is -1.79. The molecule has 0 aromatic rings. The zero-order valence-corrected chi connectivity index (χ0v) is 29.9. The van der Waals surface area contributed by atoms with Gasteiger partial charge in [-0.1, -0.05) is 27.7 Å². The van der Waals surface area contributed by atoms with Gasteiger partial charge in [0.25, 0.3) is 0 Å². The van der Waals surface area contributed by atoms with Crippen molar-refractivity contribution < 1.29 is 63.6 Å². The number of carbonyl (C=O) groups is 9. The summed E-state index contributed by atoms with van der Waals surface area (Å²) in [5.41, 5.74) is 15.8. The molecular formula is C30H53N9O13. The van der Waals surface area contributed by atoms with Crippen LogP contribution in [0.3, 0.4) is 0 Å². The molecule has 0 saturated heterocycles. The molecule has 22 heteroatoms. The molecule has 0 bridgehead atoms. The first-order valence-electron chi connectivity index (χ1n) is 16.3. The van der Waals surface area contributed by atoms with Crippen LogP contribution in [0.1, 0.15) is 60.8 Å². The van der Waals surface area contributed by atoms with Crippen molar-refractivity contribution in [3.8, 4) is 0 Å². The molecule has 0 unspecified atom stereocenters. The predicted octanol–water partition coefficient (Wildman–Crippen LogP) is -6.49. The zero-order valence-electron chi connectivity index (χ0n) is 29.9. The average molecular weight is 748 g/mol. The summed E-state index contributed by atoms with van der Waals surface area (Å²) in [5.74, 6) is -10.9. The lowest BCUT2D eigenvalue weighted by atomic mass is 10.0. The van der Waals surface area contributed by atoms with Crippen molar-refractivity contribution in [2.45, 2.75) is 115 Å². The van der Waals surface area contributed by atoms with E-state index in [4.69, 9.17) is 17.2 Å². The molecule has 0 radical (unpaired) electrons. The first-order chi connectivity index (χ1) is 23.9. The third kappa shape index (κ3) is 16.0. The third-order valence-electron chi connectivity index (χ3n) is 7.49. The summed E-state index contributed by atoms with van der Waals surface area (Å²) in [4.78, 5) is 112. The van der Waals surface area contributed by atoms with Crippen molar-refractivity contribution in [1.82, 2.24) is 31.9 Å². The Morgan fingerprint density at radius 2 is 0.904 bits per heavy atom. The number of carboxylic acid groups (broad SMARTS) is 1. The number of aliphatic hydroxyl groups is 3. The first-order valence-corrected chi connectivity index (χ1v) is 16.3. The molecule has 0 aliphatic carbocycles. The maximum atomic E-state index is 13.3. The van der Waals surface area contributed by atoms with Crippen molar-refractivity contribution in [3.05, 3.63) is 0 Å². The van der Waals surface area contributed by atoms with Gasteiger partial charge in [-0.25, -0.2) is 4.79 Å². The van der Waals surface area contributed by atoms with Gasteiger partial charge in [-0.05, 0) is 32.1 Å². The number of amides is 8. The molecule has 0 aliphatic rings. The second kappa shape index (κ2) is 22.1. The van der Waals surface area contributed by atoms with Gasteiger partial charge in [0, 0.05) is 6.42 Å². The summed E-state index contributed by atoms with van der Waals surface area (Å²) in [6, 6.07) is -11.0. The van der Waals surface area contributed by atoms with E-state index in [1.54, 1.807) is 13.8 Å². The number of aliphatic hydroxyl groups excluding tert-OH is 3. The topological polar surface area (TPSA) is 385 Å². The van der Waals surface area contributed by atoms with Crippen LogP contribution in [0.5, 0.6) is 0 Å². The summed E-state index contributed by atoms with van der Waals surface area (Å²) in [6.07, 6.45) is -4.27. The number of nitrogens with two attached hydrogens (primary N) is 3. The number of primary amides is 2. The molecule has 16 N–H and O–H groups in total. The second-order valence-corrected chi connectivity index (χ2v) is 12.8. The van der Waals surface area contributed by atoms with Crippen LogP contribution in [0, 0.1) is 11.8 Å². The Morgan fingerprint density at radius 3 is 1.25 bits per heavy atom. The fourth-order valence-corrected chi connectivity index (χ4v) is 4.43. The highest BCUT2D eigenvalue weighted by Gasteiger charge is 2.37. The molecule has 0 aromatic heterocycles. The van der Waals surface area contributed by atoms with E-state index in [9.17, 15) is 63.6 Å². The predicted molar refractivity (Wildman–Crippen MR) is 180 cm³/mol. The van der Waals surface area contributed by atoms with Gasteiger partial charge in [-0.15, -0.1) is 0 Å². The first kappa shape index (κ1) is 47.1. The Bertz CT molecular complexity index is 1310. The van der Waals surface area contributed by atoms with Crippen LogP contribution in [-0.4, -0.2) is 135 Å². The van der Waals surface area contributed by atoms with E-state index in [1.165, 1.54) is 13.8 Å². The molecule has 296 valence electrons. The van der Waals surface area contributed by atoms with Gasteiger partial charge in [0.05, 0.1) is 31.3 Å². The second-order valence-electron chi connectivity index (χ2n) is 12.8. The Hall–Kier alpha value is -4.93. The quantitative estimate of drug-likeness (QED) is 0.0462. The van der Waals surface area contributed by atoms with Gasteiger partial charge in [-0.2, -0.15) is 0 Å². The fraction of sp³-hybridized carbons (Fsp3) is 0.700. The third-order valence-corrected chi connectivity index (χ3v) is 7.49. The van der Waals surface area contributed by atoms with E-state index in [1.807, 2.05) is 5.32 Å². The Morgan fingerprint density at radius 1 is 0.538 bits per heavy atom. The molecule has 0 spiro atoms. The highest BCUT2D eigenvalue weighted by Crippen LogP contribution is 2.08. The molecule has 0 fully saturated rings. The fourth-order valence-electron chi connectivity index (χ4n) is 4.43. The van der Waals surface area contributed by atoms with Crippen LogP contribution in [0.15, 0.2) is 0 Å². The van der Waals surface area contributed by atoms with Gasteiger partial charge in [0.15, 0.2) is 0 Å². The molecule has 0 rings (SSSR count). The maximum Gasteiger partial charge on any atom is 0.326 e. The maximum absolute atomic E-state index is 13.3. The van der Waals surface area contributed by atoms with Crippen molar-refractivity contribution in [3.63, 3.8) is 0 Å². The van der Waals surface area contributed by atoms with Crippen molar-refractivity contribution in [1.29, 1.82) is 0 Å². The lowest BCUT2D eigenvalue weighted by Gasteiger charge is -2.30. The van der Waals surface area contributed by atoms with Gasteiger partial charge >= 0.3 is 5.97 Å². The molecule has 0 aromatic carbocycles. The minimum Gasteiger partial charge on any atom is -0.480 e. The number of rotatable bonds is 23. The van der Waals surface area contributed by atoms with Gasteiger partial charge < -0.3 is 69.5 Å². The number of hydrogen-bond acceptors (Lipinski definition) is 13. The normalized spacial score (nSPS) is 16.4.